The van der Waals surface area contributed by atoms with Crippen molar-refractivity contribution in [2.24, 2.45) is 0 Å². The minimum atomic E-state index is -2.37. The number of hydrogen-bond acceptors (Lipinski definition) is 1. The average molecular weight is 144 g/mol. The van der Waals surface area contributed by atoms with E-state index in [1.54, 1.807) is 0 Å². The minimum absolute atomic E-state index is 0.368. The number of hydrogen-bond donors (Lipinski definition) is 1. The first kappa shape index (κ1) is 8.17. The molecule has 0 aromatic carbocycles. The molecule has 1 N–H and O–H groups in total. The highest BCUT2D eigenvalue weighted by molar-refractivity contribution is 8.28. The fourth-order valence-electron chi connectivity index (χ4n) is 0.308. The van der Waals surface area contributed by atoms with E-state index in [0.29, 0.717) is 0 Å². The summed E-state index contributed by atoms with van der Waals surface area (Å²) in [6, 6.07) is 0. The maximum Gasteiger partial charge on any atom is 0.248 e. The first-order valence-corrected chi connectivity index (χ1v) is 4.71. The van der Waals surface area contributed by atoms with Crippen LogP contribution in [0.5, 0.6) is 0 Å². The lowest BCUT2D eigenvalue weighted by Crippen LogP contribution is -2.07. The van der Waals surface area contributed by atoms with E-state index in [1.165, 1.54) is 12.5 Å². The van der Waals surface area contributed by atoms with E-state index in [4.69, 9.17) is 4.55 Å². The first-order chi connectivity index (χ1) is 3.42. The maximum atomic E-state index is 11.4. The van der Waals surface area contributed by atoms with Gasteiger partial charge in [0.1, 0.15) is 0 Å². The Balaban J connectivity index is 3.39. The standard InChI is InChI=1S/C4H10F2OS/c1-8(2,7)3-4(5)6/h4,7H,3H2,1-2H3. The molecule has 0 amide bonds. The van der Waals surface area contributed by atoms with Gasteiger partial charge in [0.05, 0.1) is 5.75 Å². The Kier molecular flexibility index (Phi) is 2.70. The zero-order valence-electron chi connectivity index (χ0n) is 4.90. The Morgan fingerprint density at radius 2 is 1.88 bits per heavy atom. The van der Waals surface area contributed by atoms with E-state index in [1.807, 2.05) is 0 Å². The fourth-order valence-corrected chi connectivity index (χ4v) is 0.925. The molecular weight excluding hydrogens is 134 g/mol. The summed E-state index contributed by atoms with van der Waals surface area (Å²) in [6.07, 6.45) is 0.517. The van der Waals surface area contributed by atoms with E-state index in [0.717, 1.165) is 0 Å². The lowest BCUT2D eigenvalue weighted by molar-refractivity contribution is 0.174. The molecule has 0 aliphatic carbocycles. The number of rotatable bonds is 2. The van der Waals surface area contributed by atoms with Crippen molar-refractivity contribution < 1.29 is 13.3 Å². The highest BCUT2D eigenvalue weighted by Crippen LogP contribution is 2.35. The molecule has 0 spiro atoms. The summed E-state index contributed by atoms with van der Waals surface area (Å²) < 4.78 is 31.6. The SMILES string of the molecule is CS(C)(O)CC(F)F. The normalized spacial score (nSPS) is 14.8. The van der Waals surface area contributed by atoms with Crippen LogP contribution in [0.1, 0.15) is 0 Å². The van der Waals surface area contributed by atoms with Crippen molar-refractivity contribution in [2.75, 3.05) is 18.3 Å². The van der Waals surface area contributed by atoms with Crippen molar-refractivity contribution in [3.8, 4) is 0 Å². The van der Waals surface area contributed by atoms with Gasteiger partial charge in [-0.05, 0) is 12.5 Å². The zero-order chi connectivity index (χ0) is 6.78. The van der Waals surface area contributed by atoms with Gasteiger partial charge in [-0.3, -0.25) is 0 Å². The Morgan fingerprint density at radius 3 is 1.88 bits per heavy atom. The fraction of sp³-hybridized carbons (Fsp3) is 1.00. The molecule has 0 aliphatic rings. The van der Waals surface area contributed by atoms with Crippen LogP contribution in [0.3, 0.4) is 0 Å². The minimum Gasteiger partial charge on any atom is -0.352 e. The number of halogens is 2. The van der Waals surface area contributed by atoms with Crippen LogP contribution in [0.25, 0.3) is 0 Å². The molecule has 0 saturated heterocycles. The van der Waals surface area contributed by atoms with Crippen LogP contribution >= 0.6 is 10.3 Å². The van der Waals surface area contributed by atoms with Gasteiger partial charge in [-0.25, -0.2) is 8.78 Å². The molecule has 1 nitrogen and oxygen atoms in total. The summed E-state index contributed by atoms with van der Waals surface area (Å²) in [7, 11) is -1.97. The van der Waals surface area contributed by atoms with Gasteiger partial charge in [-0.2, -0.15) is 0 Å². The van der Waals surface area contributed by atoms with Gasteiger partial charge in [0, 0.05) is 0 Å². The Morgan fingerprint density at radius 1 is 1.50 bits per heavy atom. The second-order valence-electron chi connectivity index (χ2n) is 2.04. The van der Waals surface area contributed by atoms with Crippen LogP contribution in [0, 0.1) is 0 Å². The molecule has 0 bridgehead atoms. The molecular formula is C4H10F2OS. The highest BCUT2D eigenvalue weighted by atomic mass is 32.3. The molecule has 0 aromatic heterocycles. The van der Waals surface area contributed by atoms with Crippen LogP contribution in [0.4, 0.5) is 8.78 Å². The van der Waals surface area contributed by atoms with Crippen molar-refractivity contribution in [3.63, 3.8) is 0 Å². The van der Waals surface area contributed by atoms with E-state index in [2.05, 4.69) is 0 Å². The third kappa shape index (κ3) is 6.17. The van der Waals surface area contributed by atoms with E-state index >= 15 is 0 Å². The highest BCUT2D eigenvalue weighted by Gasteiger charge is 2.13. The van der Waals surface area contributed by atoms with Crippen LogP contribution in [0.15, 0.2) is 0 Å². The smallest absolute Gasteiger partial charge is 0.248 e. The monoisotopic (exact) mass is 144 g/mol. The first-order valence-electron chi connectivity index (χ1n) is 2.13. The molecule has 0 saturated carbocycles. The Labute approximate surface area is 49.2 Å². The summed E-state index contributed by atoms with van der Waals surface area (Å²) in [4.78, 5) is 0. The molecule has 8 heavy (non-hydrogen) atoms. The third-order valence-electron chi connectivity index (χ3n) is 0.534. The van der Waals surface area contributed by atoms with Crippen LogP contribution in [-0.4, -0.2) is 29.2 Å². The molecule has 0 aromatic rings. The topological polar surface area (TPSA) is 20.2 Å². The molecule has 52 valence electrons. The van der Waals surface area contributed by atoms with Crippen molar-refractivity contribution in [3.05, 3.63) is 0 Å². The van der Waals surface area contributed by atoms with Crippen LogP contribution < -0.4 is 0 Å². The van der Waals surface area contributed by atoms with Crippen molar-refractivity contribution >= 4 is 10.3 Å². The van der Waals surface area contributed by atoms with Gasteiger partial charge in [0.25, 0.3) is 0 Å². The van der Waals surface area contributed by atoms with E-state index < -0.39 is 16.7 Å². The van der Waals surface area contributed by atoms with Gasteiger partial charge in [-0.15, -0.1) is 10.3 Å². The Bertz CT molecular complexity index is 68.9. The summed E-state index contributed by atoms with van der Waals surface area (Å²) in [5.41, 5.74) is 0. The van der Waals surface area contributed by atoms with Crippen LogP contribution in [-0.2, 0) is 0 Å². The lowest BCUT2D eigenvalue weighted by atomic mass is 10.9. The van der Waals surface area contributed by atoms with Crippen molar-refractivity contribution in [2.45, 2.75) is 6.43 Å². The predicted molar refractivity (Wildman–Crippen MR) is 32.9 cm³/mol. The lowest BCUT2D eigenvalue weighted by Gasteiger charge is -2.21. The van der Waals surface area contributed by atoms with Gasteiger partial charge in [0.2, 0.25) is 6.43 Å². The quantitative estimate of drug-likeness (QED) is 0.626. The molecule has 0 unspecified atom stereocenters. The van der Waals surface area contributed by atoms with Crippen molar-refractivity contribution in [1.29, 1.82) is 0 Å². The van der Waals surface area contributed by atoms with Gasteiger partial charge in [-0.1, -0.05) is 0 Å². The van der Waals surface area contributed by atoms with Gasteiger partial charge >= 0.3 is 0 Å². The van der Waals surface area contributed by atoms with E-state index in [9.17, 15) is 8.78 Å². The predicted octanol–water partition coefficient (Wildman–Crippen LogP) is 1.79. The average Bonchev–Trinajstić information content (AvgIpc) is 1.21. The molecule has 0 radical (unpaired) electrons. The summed E-state index contributed by atoms with van der Waals surface area (Å²) in [5.74, 6) is -0.368. The van der Waals surface area contributed by atoms with Gasteiger partial charge < -0.3 is 4.55 Å². The summed E-state index contributed by atoms with van der Waals surface area (Å²) in [5, 5.41) is 0. The van der Waals surface area contributed by atoms with E-state index in [-0.39, 0.29) is 5.75 Å². The molecule has 0 heterocycles. The van der Waals surface area contributed by atoms with Crippen molar-refractivity contribution in [1.82, 2.24) is 0 Å². The summed E-state index contributed by atoms with van der Waals surface area (Å²) in [6.45, 7) is 0. The molecule has 0 atom stereocenters. The molecule has 0 rings (SSSR count). The number of alkyl halides is 2. The molecule has 0 aliphatic heterocycles. The maximum absolute atomic E-state index is 11.4. The Hall–Kier alpha value is 0.170. The third-order valence-corrected chi connectivity index (χ3v) is 1.60. The molecule has 0 fully saturated rings. The summed E-state index contributed by atoms with van der Waals surface area (Å²) >= 11 is 0. The second kappa shape index (κ2) is 2.64. The largest absolute Gasteiger partial charge is 0.352 e. The van der Waals surface area contributed by atoms with Gasteiger partial charge in [0.15, 0.2) is 0 Å². The van der Waals surface area contributed by atoms with Crippen LogP contribution in [0.2, 0.25) is 0 Å². The zero-order valence-corrected chi connectivity index (χ0v) is 5.71. The molecule has 4 heteroatoms. The second-order valence-corrected chi connectivity index (χ2v) is 5.33.